The predicted octanol–water partition coefficient (Wildman–Crippen LogP) is 3.19. The van der Waals surface area contributed by atoms with Crippen LogP contribution < -0.4 is 0 Å². The second-order valence-corrected chi connectivity index (χ2v) is 5.97. The van der Waals surface area contributed by atoms with Crippen LogP contribution in [0.2, 0.25) is 0 Å². The monoisotopic (exact) mass is 329 g/mol. The molecule has 1 aliphatic heterocycles. The van der Waals surface area contributed by atoms with E-state index < -0.39 is 11.6 Å². The molecule has 0 N–H and O–H groups in total. The number of piperazine rings is 1. The molecule has 0 radical (unpaired) electrons. The fourth-order valence-corrected chi connectivity index (χ4v) is 2.80. The summed E-state index contributed by atoms with van der Waals surface area (Å²) in [5, 5.41) is 0. The molecule has 0 bridgehead atoms. The lowest BCUT2D eigenvalue weighted by molar-refractivity contribution is 0.134. The molecule has 0 unspecified atom stereocenters. The smallest absolute Gasteiger partial charge is 0.148 e. The molecule has 3 rings (SSSR count). The van der Waals surface area contributed by atoms with Gasteiger partial charge in [0.2, 0.25) is 0 Å². The van der Waals surface area contributed by atoms with Gasteiger partial charge in [0, 0.05) is 45.3 Å². The highest BCUT2D eigenvalue weighted by molar-refractivity contribution is 5.48. The Morgan fingerprint density at radius 1 is 1.00 bits per heavy atom. The minimum atomic E-state index is -0.633. The zero-order valence-electron chi connectivity index (χ0n) is 13.5. The van der Waals surface area contributed by atoms with Crippen molar-refractivity contribution in [2.24, 2.45) is 0 Å². The van der Waals surface area contributed by atoms with Crippen molar-refractivity contribution < 1.29 is 8.78 Å². The highest BCUT2D eigenvalue weighted by atomic mass is 19.1. The number of halogens is 2. The third-order valence-corrected chi connectivity index (χ3v) is 4.20. The van der Waals surface area contributed by atoms with E-state index in [1.54, 1.807) is 0 Å². The first-order chi connectivity index (χ1) is 11.7. The van der Waals surface area contributed by atoms with Crippen molar-refractivity contribution in [1.82, 2.24) is 14.8 Å². The highest BCUT2D eigenvalue weighted by Gasteiger charge is 2.18. The first kappa shape index (κ1) is 16.7. The minimum absolute atomic E-state index is 0.314. The van der Waals surface area contributed by atoms with Crippen molar-refractivity contribution in [1.29, 1.82) is 0 Å². The van der Waals surface area contributed by atoms with Crippen LogP contribution in [-0.4, -0.2) is 47.5 Å². The normalized spacial score (nSPS) is 16.8. The molecule has 1 aromatic carbocycles. The molecule has 0 spiro atoms. The Hall–Kier alpha value is -2.11. The van der Waals surface area contributed by atoms with Crippen LogP contribution in [0.25, 0.3) is 6.08 Å². The fraction of sp³-hybridized carbons (Fsp3) is 0.316. The topological polar surface area (TPSA) is 19.4 Å². The summed E-state index contributed by atoms with van der Waals surface area (Å²) in [6.45, 7) is 4.92. The molecule has 0 amide bonds. The number of hydrogen-bond donors (Lipinski definition) is 0. The lowest BCUT2D eigenvalue weighted by atomic mass is 10.2. The van der Waals surface area contributed by atoms with Crippen molar-refractivity contribution in [3.63, 3.8) is 0 Å². The van der Waals surface area contributed by atoms with Crippen molar-refractivity contribution in [2.45, 2.75) is 6.54 Å². The summed E-state index contributed by atoms with van der Waals surface area (Å²) < 4.78 is 26.6. The largest absolute Gasteiger partial charge is 0.297 e. The molecule has 0 aliphatic carbocycles. The van der Waals surface area contributed by atoms with Crippen LogP contribution in [0, 0.1) is 11.6 Å². The Morgan fingerprint density at radius 3 is 2.42 bits per heavy atom. The quantitative estimate of drug-likeness (QED) is 0.840. The fourth-order valence-electron chi connectivity index (χ4n) is 2.80. The van der Waals surface area contributed by atoms with Gasteiger partial charge >= 0.3 is 0 Å². The lowest BCUT2D eigenvalue weighted by Crippen LogP contribution is -2.46. The molecular formula is C19H21F2N3. The molecule has 1 aliphatic rings. The third kappa shape index (κ3) is 4.69. The SMILES string of the molecule is Fc1cnc(CN2CCN(CC=Cc3ccccc3)CC2)c(F)c1. The number of hydrogen-bond acceptors (Lipinski definition) is 3. The van der Waals surface area contributed by atoms with Crippen LogP contribution in [0.3, 0.4) is 0 Å². The summed E-state index contributed by atoms with van der Waals surface area (Å²) in [6, 6.07) is 11.1. The molecule has 24 heavy (non-hydrogen) atoms. The van der Waals surface area contributed by atoms with Gasteiger partial charge in [-0.15, -0.1) is 0 Å². The summed E-state index contributed by atoms with van der Waals surface area (Å²) in [6.07, 6.45) is 5.37. The first-order valence-corrected chi connectivity index (χ1v) is 8.17. The molecule has 1 aromatic heterocycles. The van der Waals surface area contributed by atoms with Gasteiger partial charge in [-0.25, -0.2) is 8.78 Å². The molecule has 0 saturated carbocycles. The Labute approximate surface area is 141 Å². The third-order valence-electron chi connectivity index (χ3n) is 4.20. The minimum Gasteiger partial charge on any atom is -0.297 e. The van der Waals surface area contributed by atoms with Crippen molar-refractivity contribution in [2.75, 3.05) is 32.7 Å². The van der Waals surface area contributed by atoms with Gasteiger partial charge in [-0.05, 0) is 5.56 Å². The maximum absolute atomic E-state index is 13.7. The van der Waals surface area contributed by atoms with E-state index in [0.717, 1.165) is 45.0 Å². The van der Waals surface area contributed by atoms with Crippen molar-refractivity contribution in [3.8, 4) is 0 Å². The summed E-state index contributed by atoms with van der Waals surface area (Å²) in [7, 11) is 0. The van der Waals surface area contributed by atoms with Crippen LogP contribution in [0.4, 0.5) is 8.78 Å². The van der Waals surface area contributed by atoms with Gasteiger partial charge in [-0.2, -0.15) is 0 Å². The van der Waals surface area contributed by atoms with E-state index in [0.29, 0.717) is 12.2 Å². The average Bonchev–Trinajstić information content (AvgIpc) is 2.60. The average molecular weight is 329 g/mol. The molecular weight excluding hydrogens is 308 g/mol. The number of pyridine rings is 1. The maximum atomic E-state index is 13.7. The predicted molar refractivity (Wildman–Crippen MR) is 91.3 cm³/mol. The van der Waals surface area contributed by atoms with Gasteiger partial charge in [0.1, 0.15) is 11.6 Å². The first-order valence-electron chi connectivity index (χ1n) is 8.17. The van der Waals surface area contributed by atoms with Crippen LogP contribution in [-0.2, 0) is 6.54 Å². The standard InChI is InChI=1S/C19H21F2N3/c20-17-13-18(21)19(22-14-17)15-24-11-9-23(10-12-24)8-4-7-16-5-2-1-3-6-16/h1-7,13-14H,8-12,15H2. The molecule has 126 valence electrons. The Morgan fingerprint density at radius 2 is 1.71 bits per heavy atom. The maximum Gasteiger partial charge on any atom is 0.148 e. The van der Waals surface area contributed by atoms with Crippen LogP contribution in [0.1, 0.15) is 11.3 Å². The van der Waals surface area contributed by atoms with Crippen molar-refractivity contribution >= 4 is 6.08 Å². The zero-order chi connectivity index (χ0) is 16.8. The molecule has 2 heterocycles. The van der Waals surface area contributed by atoms with Gasteiger partial charge in [0.25, 0.3) is 0 Å². The number of rotatable bonds is 5. The lowest BCUT2D eigenvalue weighted by Gasteiger charge is -2.33. The van der Waals surface area contributed by atoms with Crippen LogP contribution in [0.15, 0.2) is 48.7 Å². The second-order valence-electron chi connectivity index (χ2n) is 5.97. The van der Waals surface area contributed by atoms with Crippen molar-refractivity contribution in [3.05, 3.63) is 71.6 Å². The van der Waals surface area contributed by atoms with Gasteiger partial charge in [-0.1, -0.05) is 42.5 Å². The van der Waals surface area contributed by atoms with Gasteiger partial charge in [0.05, 0.1) is 11.9 Å². The number of nitrogens with zero attached hydrogens (tertiary/aromatic N) is 3. The number of benzene rings is 1. The van der Waals surface area contributed by atoms with Gasteiger partial charge in [0.15, 0.2) is 0 Å². The van der Waals surface area contributed by atoms with E-state index >= 15 is 0 Å². The summed E-state index contributed by atoms with van der Waals surface area (Å²) in [4.78, 5) is 8.38. The van der Waals surface area contributed by atoms with Crippen LogP contribution in [0.5, 0.6) is 0 Å². The molecule has 3 nitrogen and oxygen atoms in total. The van der Waals surface area contributed by atoms with E-state index in [4.69, 9.17) is 0 Å². The number of aromatic nitrogens is 1. The van der Waals surface area contributed by atoms with E-state index in [9.17, 15) is 8.78 Å². The molecule has 5 heteroatoms. The van der Waals surface area contributed by atoms with E-state index in [1.165, 1.54) is 5.56 Å². The summed E-state index contributed by atoms with van der Waals surface area (Å²) >= 11 is 0. The Bertz CT molecular complexity index is 680. The van der Waals surface area contributed by atoms with E-state index in [-0.39, 0.29) is 0 Å². The summed E-state index contributed by atoms with van der Waals surface area (Å²) in [5.74, 6) is -1.20. The Kier molecular flexibility index (Phi) is 5.67. The summed E-state index contributed by atoms with van der Waals surface area (Å²) in [5.41, 5.74) is 1.52. The molecule has 1 fully saturated rings. The molecule has 0 atom stereocenters. The van der Waals surface area contributed by atoms with E-state index in [1.807, 2.05) is 18.2 Å². The van der Waals surface area contributed by atoms with Crippen LogP contribution >= 0.6 is 0 Å². The van der Waals surface area contributed by atoms with E-state index in [2.05, 4.69) is 39.1 Å². The van der Waals surface area contributed by atoms with Gasteiger partial charge in [-0.3, -0.25) is 14.8 Å². The zero-order valence-corrected chi connectivity index (χ0v) is 13.5. The molecule has 1 saturated heterocycles. The Balaban J connectivity index is 1.45. The highest BCUT2D eigenvalue weighted by Crippen LogP contribution is 2.11. The van der Waals surface area contributed by atoms with Gasteiger partial charge < -0.3 is 0 Å². The molecule has 2 aromatic rings. The second kappa shape index (κ2) is 8.13.